The fourth-order valence-electron chi connectivity index (χ4n) is 2.50. The molecule has 0 saturated carbocycles. The number of likely N-dealkylation sites (tertiary alicyclic amines) is 1. The van der Waals surface area contributed by atoms with Gasteiger partial charge in [-0.1, -0.05) is 0 Å². The van der Waals surface area contributed by atoms with Crippen molar-refractivity contribution in [1.82, 2.24) is 15.2 Å². The molecule has 2 N–H and O–H groups in total. The monoisotopic (exact) mass is 291 g/mol. The van der Waals surface area contributed by atoms with E-state index in [-0.39, 0.29) is 12.6 Å². The van der Waals surface area contributed by atoms with Crippen molar-refractivity contribution in [3.8, 4) is 0 Å². The zero-order valence-corrected chi connectivity index (χ0v) is 12.6. The van der Waals surface area contributed by atoms with Crippen molar-refractivity contribution in [2.24, 2.45) is 5.41 Å². The van der Waals surface area contributed by atoms with Crippen molar-refractivity contribution in [3.63, 3.8) is 0 Å². The quantitative estimate of drug-likeness (QED) is 0.888. The van der Waals surface area contributed by atoms with Crippen LogP contribution in [0.2, 0.25) is 0 Å². The largest absolute Gasteiger partial charge is 0.481 e. The molecule has 2 amide bonds. The second-order valence-corrected chi connectivity index (χ2v) is 5.95. The van der Waals surface area contributed by atoms with Gasteiger partial charge in [0.2, 0.25) is 0 Å². The summed E-state index contributed by atoms with van der Waals surface area (Å²) in [5.74, 6) is -0.851. The third kappa shape index (κ3) is 3.32. The van der Waals surface area contributed by atoms with Gasteiger partial charge in [-0.25, -0.2) is 4.79 Å². The molecule has 21 heavy (non-hydrogen) atoms. The molecule has 1 aromatic heterocycles. The number of carboxylic acid groups (broad SMARTS) is 1. The zero-order chi connectivity index (χ0) is 15.6. The number of urea groups is 1. The van der Waals surface area contributed by atoms with E-state index in [0.29, 0.717) is 19.5 Å². The van der Waals surface area contributed by atoms with Crippen LogP contribution in [0.5, 0.6) is 0 Å². The van der Waals surface area contributed by atoms with E-state index in [1.54, 1.807) is 18.0 Å². The Labute approximate surface area is 124 Å². The molecule has 1 fully saturated rings. The van der Waals surface area contributed by atoms with Crippen molar-refractivity contribution >= 4 is 12.0 Å². The van der Waals surface area contributed by atoms with Gasteiger partial charge in [0.15, 0.2) is 0 Å². The van der Waals surface area contributed by atoms with Crippen molar-refractivity contribution in [2.75, 3.05) is 13.1 Å². The van der Waals surface area contributed by atoms with E-state index in [0.717, 1.165) is 16.8 Å². The molecule has 0 aromatic carbocycles. The number of carbonyl (C=O) groups excluding carboxylic acids is 1. The number of aromatic nitrogens is 1. The third-order valence-electron chi connectivity index (χ3n) is 4.06. The van der Waals surface area contributed by atoms with E-state index in [2.05, 4.69) is 10.3 Å². The Morgan fingerprint density at radius 3 is 2.76 bits per heavy atom. The third-order valence-corrected chi connectivity index (χ3v) is 4.06. The van der Waals surface area contributed by atoms with Gasteiger partial charge in [-0.05, 0) is 44.4 Å². The maximum atomic E-state index is 12.1. The van der Waals surface area contributed by atoms with Crippen molar-refractivity contribution in [3.05, 3.63) is 29.1 Å². The number of aliphatic carboxylic acids is 1. The van der Waals surface area contributed by atoms with Gasteiger partial charge in [0, 0.05) is 31.5 Å². The summed E-state index contributed by atoms with van der Waals surface area (Å²) >= 11 is 0. The van der Waals surface area contributed by atoms with Crippen LogP contribution in [-0.4, -0.2) is 40.1 Å². The second kappa shape index (κ2) is 5.71. The molecule has 0 aliphatic carbocycles. The zero-order valence-electron chi connectivity index (χ0n) is 12.6. The van der Waals surface area contributed by atoms with Gasteiger partial charge in [0.1, 0.15) is 0 Å². The molecule has 6 nitrogen and oxygen atoms in total. The molecule has 1 aliphatic rings. The summed E-state index contributed by atoms with van der Waals surface area (Å²) < 4.78 is 0. The molecule has 1 aliphatic heterocycles. The van der Waals surface area contributed by atoms with Crippen LogP contribution in [0.25, 0.3) is 0 Å². The molecule has 2 rings (SSSR count). The number of rotatable bonds is 3. The van der Waals surface area contributed by atoms with Crippen LogP contribution in [0.1, 0.15) is 30.2 Å². The Morgan fingerprint density at radius 2 is 2.19 bits per heavy atom. The predicted octanol–water partition coefficient (Wildman–Crippen LogP) is 1.70. The SMILES string of the molecule is Cc1cc(C)c(CNC(=O)N2CCC(C)(C(=O)O)C2)cn1. The summed E-state index contributed by atoms with van der Waals surface area (Å²) in [6.45, 7) is 6.70. The molecule has 0 radical (unpaired) electrons. The van der Waals surface area contributed by atoms with Crippen LogP contribution in [0.15, 0.2) is 12.3 Å². The van der Waals surface area contributed by atoms with E-state index in [1.807, 2.05) is 19.9 Å². The molecule has 1 aromatic rings. The minimum absolute atomic E-state index is 0.222. The Hall–Kier alpha value is -2.11. The number of nitrogens with one attached hydrogen (secondary N) is 1. The van der Waals surface area contributed by atoms with Crippen LogP contribution in [-0.2, 0) is 11.3 Å². The first-order valence-corrected chi connectivity index (χ1v) is 7.00. The minimum atomic E-state index is -0.851. The van der Waals surface area contributed by atoms with E-state index >= 15 is 0 Å². The Bertz CT molecular complexity index is 573. The van der Waals surface area contributed by atoms with Gasteiger partial charge in [-0.2, -0.15) is 0 Å². The van der Waals surface area contributed by atoms with E-state index in [1.165, 1.54) is 0 Å². The average molecular weight is 291 g/mol. The summed E-state index contributed by atoms with van der Waals surface area (Å²) in [5.41, 5.74) is 2.16. The van der Waals surface area contributed by atoms with Gasteiger partial charge in [-0.3, -0.25) is 9.78 Å². The van der Waals surface area contributed by atoms with Crippen LogP contribution >= 0.6 is 0 Å². The summed E-state index contributed by atoms with van der Waals surface area (Å²) in [7, 11) is 0. The number of carbonyl (C=O) groups is 2. The van der Waals surface area contributed by atoms with Crippen molar-refractivity contribution in [2.45, 2.75) is 33.7 Å². The summed E-state index contributed by atoms with van der Waals surface area (Å²) in [6, 6.07) is 1.75. The first-order chi connectivity index (χ1) is 9.82. The smallest absolute Gasteiger partial charge is 0.317 e. The van der Waals surface area contributed by atoms with Crippen LogP contribution in [0.3, 0.4) is 0 Å². The molecule has 1 atom stereocenters. The number of hydrogen-bond donors (Lipinski definition) is 2. The summed E-state index contributed by atoms with van der Waals surface area (Å²) in [4.78, 5) is 29.1. The topological polar surface area (TPSA) is 82.5 Å². The van der Waals surface area contributed by atoms with Gasteiger partial charge >= 0.3 is 12.0 Å². The van der Waals surface area contributed by atoms with E-state index in [9.17, 15) is 14.7 Å². The molecule has 114 valence electrons. The number of nitrogens with zero attached hydrogens (tertiary/aromatic N) is 2. The lowest BCUT2D eigenvalue weighted by Gasteiger charge is -2.20. The molecule has 1 unspecified atom stereocenters. The highest BCUT2D eigenvalue weighted by Crippen LogP contribution is 2.29. The first kappa shape index (κ1) is 15.3. The normalized spacial score (nSPS) is 21.4. The van der Waals surface area contributed by atoms with Gasteiger partial charge in [-0.15, -0.1) is 0 Å². The Kier molecular flexibility index (Phi) is 4.16. The molecule has 0 spiro atoms. The maximum Gasteiger partial charge on any atom is 0.317 e. The fraction of sp³-hybridized carbons (Fsp3) is 0.533. The molecular weight excluding hydrogens is 270 g/mol. The van der Waals surface area contributed by atoms with Crippen LogP contribution < -0.4 is 5.32 Å². The molecule has 6 heteroatoms. The molecule has 1 saturated heterocycles. The fourth-order valence-corrected chi connectivity index (χ4v) is 2.50. The number of pyridine rings is 1. The lowest BCUT2D eigenvalue weighted by molar-refractivity contribution is -0.146. The van der Waals surface area contributed by atoms with Gasteiger partial charge in [0.05, 0.1) is 5.41 Å². The van der Waals surface area contributed by atoms with E-state index in [4.69, 9.17) is 0 Å². The highest BCUT2D eigenvalue weighted by molar-refractivity contribution is 5.79. The average Bonchev–Trinajstić information content (AvgIpc) is 2.82. The lowest BCUT2D eigenvalue weighted by Crippen LogP contribution is -2.40. The predicted molar refractivity (Wildman–Crippen MR) is 77.9 cm³/mol. The number of carboxylic acids is 1. The van der Waals surface area contributed by atoms with Crippen molar-refractivity contribution in [1.29, 1.82) is 0 Å². The minimum Gasteiger partial charge on any atom is -0.481 e. The number of hydrogen-bond acceptors (Lipinski definition) is 3. The van der Waals surface area contributed by atoms with Crippen LogP contribution in [0, 0.1) is 19.3 Å². The summed E-state index contributed by atoms with van der Waals surface area (Å²) in [6.07, 6.45) is 2.25. The van der Waals surface area contributed by atoms with Gasteiger partial charge in [0.25, 0.3) is 0 Å². The first-order valence-electron chi connectivity index (χ1n) is 7.00. The molecule has 0 bridgehead atoms. The molecular formula is C15H21N3O3. The molecule has 2 heterocycles. The maximum absolute atomic E-state index is 12.1. The summed E-state index contributed by atoms with van der Waals surface area (Å²) in [5, 5.41) is 12.0. The van der Waals surface area contributed by atoms with E-state index < -0.39 is 11.4 Å². The second-order valence-electron chi connectivity index (χ2n) is 5.95. The Balaban J connectivity index is 1.93. The standard InChI is InChI=1S/C15H21N3O3/c1-10-6-11(2)16-7-12(10)8-17-14(21)18-5-4-15(3,9-18)13(19)20/h6-7H,4-5,8-9H2,1-3H3,(H,17,21)(H,19,20). The van der Waals surface area contributed by atoms with Crippen molar-refractivity contribution < 1.29 is 14.7 Å². The number of aryl methyl sites for hydroxylation is 2. The van der Waals surface area contributed by atoms with Gasteiger partial charge < -0.3 is 15.3 Å². The number of amides is 2. The lowest BCUT2D eigenvalue weighted by atomic mass is 9.90. The van der Waals surface area contributed by atoms with Crippen LogP contribution in [0.4, 0.5) is 4.79 Å². The Morgan fingerprint density at radius 1 is 1.48 bits per heavy atom. The highest BCUT2D eigenvalue weighted by atomic mass is 16.4. The highest BCUT2D eigenvalue weighted by Gasteiger charge is 2.42.